The standard InChI is InChI=1S/C21H19BrN2OS/c1-13(2)14-7-3-4-12-19(14)23-21(26)24-20(25)17-10-5-9-16-15(17)8-6-11-18(16)22/h3-13H,1-2H3,(H2,23,24,25,26). The lowest BCUT2D eigenvalue weighted by molar-refractivity contribution is 0.0979. The van der Waals surface area contributed by atoms with Crippen molar-refractivity contribution in [2.45, 2.75) is 19.8 Å². The second kappa shape index (κ2) is 7.98. The van der Waals surface area contributed by atoms with Gasteiger partial charge in [-0.1, -0.05) is 72.2 Å². The van der Waals surface area contributed by atoms with Gasteiger partial charge in [-0.3, -0.25) is 10.1 Å². The summed E-state index contributed by atoms with van der Waals surface area (Å²) in [4.78, 5) is 12.7. The number of rotatable bonds is 3. The van der Waals surface area contributed by atoms with Crippen molar-refractivity contribution >= 4 is 55.6 Å². The third-order valence-electron chi connectivity index (χ3n) is 4.17. The zero-order valence-electron chi connectivity index (χ0n) is 14.5. The lowest BCUT2D eigenvalue weighted by atomic mass is 10.0. The van der Waals surface area contributed by atoms with Crippen LogP contribution in [-0.4, -0.2) is 11.0 Å². The molecule has 0 aromatic heterocycles. The van der Waals surface area contributed by atoms with Crippen LogP contribution in [0.15, 0.2) is 65.1 Å². The Hall–Kier alpha value is -2.24. The van der Waals surface area contributed by atoms with Gasteiger partial charge in [0.1, 0.15) is 0 Å². The van der Waals surface area contributed by atoms with E-state index in [2.05, 4.69) is 46.5 Å². The van der Waals surface area contributed by atoms with Gasteiger partial charge in [0.25, 0.3) is 5.91 Å². The number of nitrogens with one attached hydrogen (secondary N) is 2. The molecule has 2 N–H and O–H groups in total. The summed E-state index contributed by atoms with van der Waals surface area (Å²) in [5.74, 6) is 0.126. The van der Waals surface area contributed by atoms with Gasteiger partial charge in [0.2, 0.25) is 0 Å². The fourth-order valence-corrected chi connectivity index (χ4v) is 3.61. The van der Waals surface area contributed by atoms with E-state index in [-0.39, 0.29) is 11.0 Å². The van der Waals surface area contributed by atoms with Crippen molar-refractivity contribution in [3.8, 4) is 0 Å². The van der Waals surface area contributed by atoms with E-state index in [9.17, 15) is 4.79 Å². The maximum absolute atomic E-state index is 12.7. The summed E-state index contributed by atoms with van der Waals surface area (Å²) in [6, 6.07) is 19.4. The van der Waals surface area contributed by atoms with Gasteiger partial charge < -0.3 is 5.32 Å². The first-order chi connectivity index (χ1) is 12.5. The van der Waals surface area contributed by atoms with Gasteiger partial charge in [0, 0.05) is 15.7 Å². The number of anilines is 1. The van der Waals surface area contributed by atoms with Gasteiger partial charge in [-0.2, -0.15) is 0 Å². The van der Waals surface area contributed by atoms with E-state index < -0.39 is 0 Å². The molecule has 0 unspecified atom stereocenters. The van der Waals surface area contributed by atoms with E-state index in [1.807, 2.05) is 48.5 Å². The Balaban J connectivity index is 1.81. The Morgan fingerprint density at radius 3 is 2.42 bits per heavy atom. The van der Waals surface area contributed by atoms with E-state index in [4.69, 9.17) is 12.2 Å². The Bertz CT molecular complexity index is 985. The number of para-hydroxylation sites is 1. The molecule has 0 radical (unpaired) electrons. The average Bonchev–Trinajstić information content (AvgIpc) is 2.61. The molecule has 0 aliphatic rings. The summed E-state index contributed by atoms with van der Waals surface area (Å²) in [6.45, 7) is 4.24. The molecule has 26 heavy (non-hydrogen) atoms. The van der Waals surface area contributed by atoms with Gasteiger partial charge in [0.15, 0.2) is 5.11 Å². The summed E-state index contributed by atoms with van der Waals surface area (Å²) < 4.78 is 0.955. The van der Waals surface area contributed by atoms with Gasteiger partial charge >= 0.3 is 0 Å². The number of thiocarbonyl (C=S) groups is 1. The second-order valence-electron chi connectivity index (χ2n) is 6.29. The molecule has 3 aromatic rings. The predicted molar refractivity (Wildman–Crippen MR) is 116 cm³/mol. The normalized spacial score (nSPS) is 10.8. The topological polar surface area (TPSA) is 41.1 Å². The minimum absolute atomic E-state index is 0.228. The van der Waals surface area contributed by atoms with Crippen molar-refractivity contribution in [1.29, 1.82) is 0 Å². The molecule has 1 amide bonds. The minimum atomic E-state index is -0.228. The van der Waals surface area contributed by atoms with Crippen LogP contribution in [0.3, 0.4) is 0 Å². The lowest BCUT2D eigenvalue weighted by Gasteiger charge is -2.16. The first-order valence-corrected chi connectivity index (χ1v) is 9.56. The van der Waals surface area contributed by atoms with Crippen LogP contribution in [0, 0.1) is 0 Å². The van der Waals surface area contributed by atoms with E-state index in [1.54, 1.807) is 6.07 Å². The summed E-state index contributed by atoms with van der Waals surface area (Å²) in [6.07, 6.45) is 0. The summed E-state index contributed by atoms with van der Waals surface area (Å²) in [5, 5.41) is 8.09. The highest BCUT2D eigenvalue weighted by Gasteiger charge is 2.13. The Kier molecular flexibility index (Phi) is 5.69. The van der Waals surface area contributed by atoms with Crippen molar-refractivity contribution in [1.82, 2.24) is 5.32 Å². The molecule has 3 nitrogen and oxygen atoms in total. The smallest absolute Gasteiger partial charge is 0.258 e. The van der Waals surface area contributed by atoms with Gasteiger partial charge in [-0.15, -0.1) is 0 Å². The fraction of sp³-hybridized carbons (Fsp3) is 0.143. The van der Waals surface area contributed by atoms with Crippen LogP contribution >= 0.6 is 28.1 Å². The zero-order valence-corrected chi connectivity index (χ0v) is 16.9. The van der Waals surface area contributed by atoms with Crippen LogP contribution in [-0.2, 0) is 0 Å². The SMILES string of the molecule is CC(C)c1ccccc1NC(=S)NC(=O)c1cccc2c(Br)cccc12. The van der Waals surface area contributed by atoms with Crippen molar-refractivity contribution in [3.63, 3.8) is 0 Å². The Morgan fingerprint density at radius 1 is 0.962 bits per heavy atom. The maximum atomic E-state index is 12.7. The first-order valence-electron chi connectivity index (χ1n) is 8.36. The van der Waals surface area contributed by atoms with Crippen LogP contribution in [0.4, 0.5) is 5.69 Å². The number of hydrogen-bond acceptors (Lipinski definition) is 2. The maximum Gasteiger partial charge on any atom is 0.258 e. The highest BCUT2D eigenvalue weighted by Crippen LogP contribution is 2.26. The number of hydrogen-bond donors (Lipinski definition) is 2. The molecular weight excluding hydrogens is 408 g/mol. The molecule has 0 saturated heterocycles. The van der Waals surface area contributed by atoms with Crippen LogP contribution < -0.4 is 10.6 Å². The van der Waals surface area contributed by atoms with E-state index in [1.165, 1.54) is 0 Å². The van der Waals surface area contributed by atoms with Crippen molar-refractivity contribution in [2.24, 2.45) is 0 Å². The molecule has 0 bridgehead atoms. The number of benzene rings is 3. The highest BCUT2D eigenvalue weighted by atomic mass is 79.9. The van der Waals surface area contributed by atoms with E-state index >= 15 is 0 Å². The van der Waals surface area contributed by atoms with E-state index in [0.29, 0.717) is 11.5 Å². The minimum Gasteiger partial charge on any atom is -0.332 e. The number of carbonyl (C=O) groups is 1. The highest BCUT2D eigenvalue weighted by molar-refractivity contribution is 9.10. The van der Waals surface area contributed by atoms with Crippen LogP contribution in [0.25, 0.3) is 10.8 Å². The molecule has 0 aliphatic carbocycles. The molecule has 0 saturated carbocycles. The van der Waals surface area contributed by atoms with E-state index in [0.717, 1.165) is 26.5 Å². The molecule has 0 fully saturated rings. The molecule has 3 aromatic carbocycles. The van der Waals surface area contributed by atoms with Crippen molar-refractivity contribution < 1.29 is 4.79 Å². The molecule has 132 valence electrons. The van der Waals surface area contributed by atoms with Crippen LogP contribution in [0.1, 0.15) is 35.7 Å². The van der Waals surface area contributed by atoms with Crippen LogP contribution in [0.2, 0.25) is 0 Å². The predicted octanol–water partition coefficient (Wildman–Crippen LogP) is 5.85. The van der Waals surface area contributed by atoms with Crippen LogP contribution in [0.5, 0.6) is 0 Å². The monoisotopic (exact) mass is 426 g/mol. The van der Waals surface area contributed by atoms with Gasteiger partial charge in [-0.25, -0.2) is 0 Å². The largest absolute Gasteiger partial charge is 0.332 e. The Morgan fingerprint density at radius 2 is 1.65 bits per heavy atom. The molecular formula is C21H19BrN2OS. The quantitative estimate of drug-likeness (QED) is 0.515. The van der Waals surface area contributed by atoms with Crippen molar-refractivity contribution in [3.05, 3.63) is 76.3 Å². The molecule has 5 heteroatoms. The van der Waals surface area contributed by atoms with Gasteiger partial charge in [0.05, 0.1) is 0 Å². The second-order valence-corrected chi connectivity index (χ2v) is 7.55. The van der Waals surface area contributed by atoms with Crippen molar-refractivity contribution in [2.75, 3.05) is 5.32 Å². The first kappa shape index (κ1) is 18.5. The molecule has 3 rings (SSSR count). The fourth-order valence-electron chi connectivity index (χ4n) is 2.91. The molecule has 0 heterocycles. The zero-order chi connectivity index (χ0) is 18.7. The summed E-state index contributed by atoms with van der Waals surface area (Å²) >= 11 is 8.88. The molecule has 0 atom stereocenters. The Labute approximate surface area is 166 Å². The average molecular weight is 427 g/mol. The third kappa shape index (κ3) is 3.94. The number of amides is 1. The number of fused-ring (bicyclic) bond motifs is 1. The summed E-state index contributed by atoms with van der Waals surface area (Å²) in [7, 11) is 0. The number of carbonyl (C=O) groups excluding carboxylic acids is 1. The molecule has 0 aliphatic heterocycles. The summed E-state index contributed by atoms with van der Waals surface area (Å²) in [5.41, 5.74) is 2.65. The molecule has 0 spiro atoms. The third-order valence-corrected chi connectivity index (χ3v) is 5.07. The number of halogens is 1. The van der Waals surface area contributed by atoms with Gasteiger partial charge in [-0.05, 0) is 52.7 Å². The lowest BCUT2D eigenvalue weighted by Crippen LogP contribution is -2.34.